The Kier molecular flexibility index (Phi) is 5.63. The third kappa shape index (κ3) is 3.82. The van der Waals surface area contributed by atoms with Crippen LogP contribution in [0.3, 0.4) is 0 Å². The van der Waals surface area contributed by atoms with Gasteiger partial charge in [-0.3, -0.25) is 4.79 Å². The van der Waals surface area contributed by atoms with Gasteiger partial charge in [-0.2, -0.15) is 0 Å². The molecular weight excluding hydrogens is 519 g/mol. The first kappa shape index (κ1) is 26.1. The van der Waals surface area contributed by atoms with E-state index in [1.165, 1.54) is 0 Å². The average molecular weight is 552 g/mol. The first-order valence-corrected chi connectivity index (χ1v) is 14.2. The fraction of sp³-hybridized carbons (Fsp3) is 0.375. The van der Waals surface area contributed by atoms with Crippen LogP contribution in [0.25, 0.3) is 0 Å². The zero-order chi connectivity index (χ0) is 28.7. The topological polar surface area (TPSA) is 77.5 Å². The molecule has 8 nitrogen and oxygen atoms in total. The lowest BCUT2D eigenvalue weighted by molar-refractivity contribution is -0.129. The maximum atomic E-state index is 13.2. The molecule has 4 heterocycles. The zero-order valence-electron chi connectivity index (χ0n) is 24.0. The van der Waals surface area contributed by atoms with Crippen molar-refractivity contribution in [2.24, 2.45) is 0 Å². The van der Waals surface area contributed by atoms with Gasteiger partial charge in [0.2, 0.25) is 5.91 Å². The van der Waals surface area contributed by atoms with Gasteiger partial charge in [0.1, 0.15) is 11.5 Å². The molecule has 2 fully saturated rings. The molecule has 0 aliphatic carbocycles. The number of amides is 1. The van der Waals surface area contributed by atoms with Gasteiger partial charge in [0, 0.05) is 61.5 Å². The maximum absolute atomic E-state index is 13.2. The molecule has 4 aliphatic rings. The Morgan fingerprint density at radius 1 is 0.805 bits per heavy atom. The van der Waals surface area contributed by atoms with E-state index in [4.69, 9.17) is 18.8 Å². The Hall–Kier alpha value is -3.82. The Balaban J connectivity index is 1.33. The van der Waals surface area contributed by atoms with E-state index < -0.39 is 23.9 Å². The third-order valence-corrected chi connectivity index (χ3v) is 9.34. The lowest BCUT2D eigenvalue weighted by Crippen LogP contribution is -2.48. The lowest BCUT2D eigenvalue weighted by Gasteiger charge is -2.39. The standard InChI is InChI=1S/C32H33BN2O6/c1-20(36)34-14-16-35(17-15-34)22-11-13-26-28(19-22)38-27-18-21(33-40-30(2,3)31(4,5)41-33)10-12-25(27)32(26)24-9-7-6-8-23(24)29(37)39-32/h6-13,18-19H,14-17H2,1-5H3. The molecule has 4 aliphatic heterocycles. The summed E-state index contributed by atoms with van der Waals surface area (Å²) in [5.41, 5.74) is 2.58. The number of piperazine rings is 1. The molecule has 2 saturated heterocycles. The van der Waals surface area contributed by atoms with Crippen molar-refractivity contribution in [2.45, 2.75) is 51.4 Å². The van der Waals surface area contributed by atoms with Crippen molar-refractivity contribution < 1.29 is 28.4 Å². The quantitative estimate of drug-likeness (QED) is 0.348. The number of fused-ring (bicyclic) bond motifs is 6. The SMILES string of the molecule is CC(=O)N1CCN(c2ccc3c(c2)Oc2cc(B4OC(C)(C)C(C)(C)O4)ccc2C32OC(=O)c3ccccc32)CC1. The molecule has 0 radical (unpaired) electrons. The molecule has 0 aromatic heterocycles. The second-order valence-corrected chi connectivity index (χ2v) is 12.2. The summed E-state index contributed by atoms with van der Waals surface area (Å²) in [5, 5.41) is 0. The zero-order valence-corrected chi connectivity index (χ0v) is 24.0. The van der Waals surface area contributed by atoms with E-state index in [1.807, 2.05) is 93.3 Å². The van der Waals surface area contributed by atoms with Crippen LogP contribution in [0, 0.1) is 0 Å². The summed E-state index contributed by atoms with van der Waals surface area (Å²) < 4.78 is 25.6. The minimum absolute atomic E-state index is 0.0940. The van der Waals surface area contributed by atoms with Gasteiger partial charge in [-0.25, -0.2) is 4.79 Å². The molecule has 0 N–H and O–H groups in total. The van der Waals surface area contributed by atoms with Crippen LogP contribution < -0.4 is 15.1 Å². The minimum Gasteiger partial charge on any atom is -0.456 e. The predicted molar refractivity (Wildman–Crippen MR) is 155 cm³/mol. The number of benzene rings is 3. The number of carbonyl (C=O) groups excluding carboxylic acids is 2. The van der Waals surface area contributed by atoms with Crippen LogP contribution in [0.1, 0.15) is 61.7 Å². The third-order valence-electron chi connectivity index (χ3n) is 9.34. The first-order valence-electron chi connectivity index (χ1n) is 14.2. The summed E-state index contributed by atoms with van der Waals surface area (Å²) in [7, 11) is -0.562. The van der Waals surface area contributed by atoms with E-state index in [0.717, 1.165) is 40.9 Å². The number of nitrogens with zero attached hydrogens (tertiary/aromatic N) is 2. The molecule has 9 heteroatoms. The summed E-state index contributed by atoms with van der Waals surface area (Å²) in [6.45, 7) is 12.5. The highest BCUT2D eigenvalue weighted by atomic mass is 16.7. The average Bonchev–Trinajstić information content (AvgIpc) is 3.36. The predicted octanol–water partition coefficient (Wildman–Crippen LogP) is 4.22. The molecule has 1 unspecified atom stereocenters. The van der Waals surface area contributed by atoms with Crippen molar-refractivity contribution in [2.75, 3.05) is 31.1 Å². The van der Waals surface area contributed by atoms with E-state index in [1.54, 1.807) is 6.92 Å². The molecule has 1 spiro atoms. The Labute approximate surface area is 240 Å². The van der Waals surface area contributed by atoms with Gasteiger partial charge >= 0.3 is 13.1 Å². The van der Waals surface area contributed by atoms with Crippen molar-refractivity contribution in [3.05, 3.63) is 82.9 Å². The van der Waals surface area contributed by atoms with Gasteiger partial charge in [-0.05, 0) is 57.4 Å². The van der Waals surface area contributed by atoms with Crippen LogP contribution in [0.4, 0.5) is 5.69 Å². The van der Waals surface area contributed by atoms with Crippen LogP contribution >= 0.6 is 0 Å². The Bertz CT molecular complexity index is 1580. The van der Waals surface area contributed by atoms with Gasteiger partial charge in [0.25, 0.3) is 0 Å². The van der Waals surface area contributed by atoms with Gasteiger partial charge in [-0.1, -0.05) is 30.3 Å². The molecule has 210 valence electrons. The molecule has 0 saturated carbocycles. The van der Waals surface area contributed by atoms with E-state index in [0.29, 0.717) is 30.2 Å². The summed E-state index contributed by atoms with van der Waals surface area (Å²) in [5.74, 6) is 0.947. The Morgan fingerprint density at radius 2 is 1.44 bits per heavy atom. The summed E-state index contributed by atoms with van der Waals surface area (Å²) in [4.78, 5) is 29.2. The molecular formula is C32H33BN2O6. The number of hydrogen-bond donors (Lipinski definition) is 0. The van der Waals surface area contributed by atoms with Crippen molar-refractivity contribution in [1.29, 1.82) is 0 Å². The summed E-state index contributed by atoms with van der Waals surface area (Å²) >= 11 is 0. The van der Waals surface area contributed by atoms with Gasteiger partial charge < -0.3 is 28.6 Å². The van der Waals surface area contributed by atoms with Crippen LogP contribution in [-0.2, 0) is 24.4 Å². The van der Waals surface area contributed by atoms with Crippen molar-refractivity contribution in [3.63, 3.8) is 0 Å². The van der Waals surface area contributed by atoms with Crippen LogP contribution in [0.5, 0.6) is 11.5 Å². The van der Waals surface area contributed by atoms with Crippen LogP contribution in [0.2, 0.25) is 0 Å². The fourth-order valence-corrected chi connectivity index (χ4v) is 6.28. The van der Waals surface area contributed by atoms with Crippen LogP contribution in [0.15, 0.2) is 60.7 Å². The largest absolute Gasteiger partial charge is 0.494 e. The normalized spacial score (nSPS) is 23.5. The number of carbonyl (C=O) groups is 2. The monoisotopic (exact) mass is 552 g/mol. The van der Waals surface area contributed by atoms with E-state index in [-0.39, 0.29) is 11.9 Å². The van der Waals surface area contributed by atoms with Gasteiger partial charge in [-0.15, -0.1) is 0 Å². The van der Waals surface area contributed by atoms with E-state index in [2.05, 4.69) is 4.90 Å². The highest BCUT2D eigenvalue weighted by molar-refractivity contribution is 6.62. The molecule has 1 atom stereocenters. The van der Waals surface area contributed by atoms with Gasteiger partial charge in [0.15, 0.2) is 5.60 Å². The molecule has 41 heavy (non-hydrogen) atoms. The van der Waals surface area contributed by atoms with Crippen molar-refractivity contribution in [1.82, 2.24) is 4.90 Å². The number of anilines is 1. The lowest BCUT2D eigenvalue weighted by atomic mass is 9.74. The highest BCUT2D eigenvalue weighted by Crippen LogP contribution is 2.56. The first-order chi connectivity index (χ1) is 19.5. The smallest absolute Gasteiger partial charge is 0.456 e. The van der Waals surface area contributed by atoms with Crippen molar-refractivity contribution in [3.8, 4) is 11.5 Å². The summed E-state index contributed by atoms with van der Waals surface area (Å²) in [6, 6.07) is 19.5. The molecule has 3 aromatic rings. The van der Waals surface area contributed by atoms with Crippen LogP contribution in [-0.4, -0.2) is 61.3 Å². The molecule has 3 aromatic carbocycles. The van der Waals surface area contributed by atoms with Gasteiger partial charge in [0.05, 0.1) is 16.8 Å². The molecule has 1 amide bonds. The fourth-order valence-electron chi connectivity index (χ4n) is 6.28. The minimum atomic E-state index is -1.14. The number of rotatable bonds is 2. The van der Waals surface area contributed by atoms with E-state index in [9.17, 15) is 9.59 Å². The number of hydrogen-bond acceptors (Lipinski definition) is 7. The molecule has 0 bridgehead atoms. The van der Waals surface area contributed by atoms with Crippen molar-refractivity contribution >= 4 is 30.1 Å². The number of esters is 1. The second kappa shape index (κ2) is 8.84. The number of ether oxygens (including phenoxy) is 2. The summed E-state index contributed by atoms with van der Waals surface area (Å²) in [6.07, 6.45) is 0. The Morgan fingerprint density at radius 3 is 2.12 bits per heavy atom. The second-order valence-electron chi connectivity index (χ2n) is 12.2. The maximum Gasteiger partial charge on any atom is 0.494 e. The van der Waals surface area contributed by atoms with E-state index >= 15 is 0 Å². The highest BCUT2D eigenvalue weighted by Gasteiger charge is 2.55. The molecule has 7 rings (SSSR count).